The van der Waals surface area contributed by atoms with Gasteiger partial charge in [-0.15, -0.1) is 0 Å². The Morgan fingerprint density at radius 2 is 1.76 bits per heavy atom. The van der Waals surface area contributed by atoms with Gasteiger partial charge in [0.25, 0.3) is 0 Å². The van der Waals surface area contributed by atoms with Crippen LogP contribution in [-0.2, 0) is 11.3 Å². The molecule has 1 N–H and O–H groups in total. The highest BCUT2D eigenvalue weighted by atomic mass is 19.1. The lowest BCUT2D eigenvalue weighted by Crippen LogP contribution is -2.27. The molecule has 0 saturated carbocycles. The maximum atomic E-state index is 13.4. The highest BCUT2D eigenvalue weighted by molar-refractivity contribution is 5.86. The minimum absolute atomic E-state index is 0.0571. The molecule has 0 spiro atoms. The number of amides is 1. The van der Waals surface area contributed by atoms with Crippen LogP contribution in [0.3, 0.4) is 0 Å². The van der Waals surface area contributed by atoms with E-state index in [0.717, 1.165) is 34.0 Å². The molecule has 0 aliphatic rings. The van der Waals surface area contributed by atoms with Gasteiger partial charge in [0.15, 0.2) is 0 Å². The summed E-state index contributed by atoms with van der Waals surface area (Å²) in [6, 6.07) is 23.4. The van der Waals surface area contributed by atoms with Gasteiger partial charge in [0, 0.05) is 42.5 Å². The minimum atomic E-state index is -0.232. The zero-order valence-electron chi connectivity index (χ0n) is 20.2. The quantitative estimate of drug-likeness (QED) is 0.295. The second-order valence-corrected chi connectivity index (χ2v) is 9.56. The molecule has 34 heavy (non-hydrogen) atoms. The maximum absolute atomic E-state index is 13.4. The van der Waals surface area contributed by atoms with Gasteiger partial charge in [-0.25, -0.2) is 4.39 Å². The molecule has 0 aliphatic heterocycles. The third kappa shape index (κ3) is 5.74. The van der Waals surface area contributed by atoms with Gasteiger partial charge in [0.1, 0.15) is 5.82 Å². The average Bonchev–Trinajstić information content (AvgIpc) is 3.17. The number of hydrogen-bond donors (Lipinski definition) is 1. The van der Waals surface area contributed by atoms with Crippen molar-refractivity contribution in [1.29, 1.82) is 0 Å². The number of para-hydroxylation sites is 1. The number of halogens is 1. The third-order valence-corrected chi connectivity index (χ3v) is 6.34. The van der Waals surface area contributed by atoms with Gasteiger partial charge < -0.3 is 9.88 Å². The molecule has 0 saturated heterocycles. The zero-order valence-corrected chi connectivity index (χ0v) is 20.2. The molecule has 3 aromatic carbocycles. The fourth-order valence-corrected chi connectivity index (χ4v) is 4.52. The van der Waals surface area contributed by atoms with Crippen molar-refractivity contribution in [2.24, 2.45) is 5.92 Å². The van der Waals surface area contributed by atoms with Crippen LogP contribution in [0.2, 0.25) is 0 Å². The van der Waals surface area contributed by atoms with Crippen molar-refractivity contribution in [1.82, 2.24) is 9.88 Å². The van der Waals surface area contributed by atoms with Crippen LogP contribution in [-0.4, -0.2) is 17.0 Å². The van der Waals surface area contributed by atoms with E-state index in [9.17, 15) is 9.18 Å². The van der Waals surface area contributed by atoms with E-state index in [1.54, 1.807) is 0 Å². The SMILES string of the molecule is Cc1cccc(C(CC(=O)NCCC(C)C)c2cn(Cc3ccc(F)cc3)c3ccccc23)c1. The molecule has 4 aromatic rings. The first-order chi connectivity index (χ1) is 16.4. The monoisotopic (exact) mass is 456 g/mol. The molecular formula is C30H33FN2O. The number of benzene rings is 3. The number of nitrogens with one attached hydrogen (secondary N) is 1. The van der Waals surface area contributed by atoms with E-state index in [4.69, 9.17) is 0 Å². The summed E-state index contributed by atoms with van der Waals surface area (Å²) < 4.78 is 15.6. The van der Waals surface area contributed by atoms with Crippen molar-refractivity contribution < 1.29 is 9.18 Å². The van der Waals surface area contributed by atoms with E-state index in [1.165, 1.54) is 17.7 Å². The van der Waals surface area contributed by atoms with Crippen molar-refractivity contribution in [2.45, 2.75) is 46.1 Å². The average molecular weight is 457 g/mol. The lowest BCUT2D eigenvalue weighted by atomic mass is 9.87. The van der Waals surface area contributed by atoms with Gasteiger partial charge in [0.05, 0.1) is 0 Å². The van der Waals surface area contributed by atoms with Crippen LogP contribution in [0.15, 0.2) is 79.0 Å². The summed E-state index contributed by atoms with van der Waals surface area (Å²) in [6.45, 7) is 7.75. The van der Waals surface area contributed by atoms with E-state index in [2.05, 4.69) is 73.3 Å². The molecule has 4 heteroatoms. The van der Waals surface area contributed by atoms with Crippen molar-refractivity contribution >= 4 is 16.8 Å². The van der Waals surface area contributed by atoms with E-state index in [0.29, 0.717) is 25.4 Å². The molecule has 0 bridgehead atoms. The summed E-state index contributed by atoms with van der Waals surface area (Å²) in [7, 11) is 0. The molecular weight excluding hydrogens is 423 g/mol. The normalized spacial score (nSPS) is 12.3. The number of carbonyl (C=O) groups is 1. The van der Waals surface area contributed by atoms with E-state index in [1.807, 2.05) is 24.3 Å². The fourth-order valence-electron chi connectivity index (χ4n) is 4.52. The predicted octanol–water partition coefficient (Wildman–Crippen LogP) is 6.82. The number of nitrogens with zero attached hydrogens (tertiary/aromatic N) is 1. The molecule has 1 amide bonds. The first-order valence-electron chi connectivity index (χ1n) is 12.1. The van der Waals surface area contributed by atoms with Gasteiger partial charge in [0.2, 0.25) is 5.91 Å². The molecule has 4 rings (SSSR count). The van der Waals surface area contributed by atoms with Gasteiger partial charge in [-0.2, -0.15) is 0 Å². The topological polar surface area (TPSA) is 34.0 Å². The lowest BCUT2D eigenvalue weighted by Gasteiger charge is -2.18. The fraction of sp³-hybridized carbons (Fsp3) is 0.300. The lowest BCUT2D eigenvalue weighted by molar-refractivity contribution is -0.121. The van der Waals surface area contributed by atoms with E-state index < -0.39 is 0 Å². The first kappa shape index (κ1) is 23.7. The molecule has 1 atom stereocenters. The Bertz CT molecular complexity index is 1260. The first-order valence-corrected chi connectivity index (χ1v) is 12.1. The second-order valence-electron chi connectivity index (χ2n) is 9.56. The molecule has 1 heterocycles. The zero-order chi connectivity index (χ0) is 24.1. The molecule has 1 unspecified atom stereocenters. The summed E-state index contributed by atoms with van der Waals surface area (Å²) >= 11 is 0. The van der Waals surface area contributed by atoms with Crippen LogP contribution in [0, 0.1) is 18.7 Å². The van der Waals surface area contributed by atoms with Gasteiger partial charge in [-0.3, -0.25) is 4.79 Å². The Hall–Kier alpha value is -3.40. The Labute approximate surface area is 201 Å². The van der Waals surface area contributed by atoms with Crippen LogP contribution < -0.4 is 5.32 Å². The Morgan fingerprint density at radius 1 is 1.00 bits per heavy atom. The number of rotatable bonds is 9. The van der Waals surface area contributed by atoms with Gasteiger partial charge in [-0.1, -0.05) is 74.0 Å². The standard InChI is InChI=1S/C30H33FN2O/c1-21(2)15-16-32-30(34)18-27(24-8-6-7-22(3)17-24)28-20-33(29-10-5-4-9-26(28)29)19-23-11-13-25(31)14-12-23/h4-14,17,20-21,27H,15-16,18-19H2,1-3H3,(H,32,34). The van der Waals surface area contributed by atoms with Crippen molar-refractivity contribution in [3.63, 3.8) is 0 Å². The number of fused-ring (bicyclic) bond motifs is 1. The van der Waals surface area contributed by atoms with Crippen LogP contribution in [0.5, 0.6) is 0 Å². The Morgan fingerprint density at radius 3 is 2.50 bits per heavy atom. The minimum Gasteiger partial charge on any atom is -0.356 e. The van der Waals surface area contributed by atoms with E-state index in [-0.39, 0.29) is 17.6 Å². The summed E-state index contributed by atoms with van der Waals surface area (Å²) in [4.78, 5) is 13.0. The summed E-state index contributed by atoms with van der Waals surface area (Å²) in [5.74, 6) is 0.336. The largest absolute Gasteiger partial charge is 0.356 e. The van der Waals surface area contributed by atoms with Crippen LogP contribution >= 0.6 is 0 Å². The summed E-state index contributed by atoms with van der Waals surface area (Å²) in [5, 5.41) is 4.26. The third-order valence-electron chi connectivity index (χ3n) is 6.34. The van der Waals surface area contributed by atoms with Crippen LogP contribution in [0.25, 0.3) is 10.9 Å². The van der Waals surface area contributed by atoms with Crippen molar-refractivity contribution in [3.05, 3.63) is 107 Å². The number of aromatic nitrogens is 1. The molecule has 0 radical (unpaired) electrons. The maximum Gasteiger partial charge on any atom is 0.220 e. The molecule has 0 aliphatic carbocycles. The molecule has 3 nitrogen and oxygen atoms in total. The Balaban J connectivity index is 1.71. The van der Waals surface area contributed by atoms with E-state index >= 15 is 0 Å². The highest BCUT2D eigenvalue weighted by Crippen LogP contribution is 2.35. The predicted molar refractivity (Wildman–Crippen MR) is 138 cm³/mol. The number of aryl methyl sites for hydroxylation is 1. The molecule has 1 aromatic heterocycles. The smallest absolute Gasteiger partial charge is 0.220 e. The number of carbonyl (C=O) groups excluding carboxylic acids is 1. The van der Waals surface area contributed by atoms with Crippen molar-refractivity contribution in [2.75, 3.05) is 6.54 Å². The number of hydrogen-bond acceptors (Lipinski definition) is 1. The van der Waals surface area contributed by atoms with Gasteiger partial charge >= 0.3 is 0 Å². The summed E-state index contributed by atoms with van der Waals surface area (Å²) in [6.07, 6.45) is 3.53. The van der Waals surface area contributed by atoms with Gasteiger partial charge in [-0.05, 0) is 54.2 Å². The molecule has 0 fully saturated rings. The van der Waals surface area contributed by atoms with Crippen LogP contribution in [0.1, 0.15) is 54.9 Å². The highest BCUT2D eigenvalue weighted by Gasteiger charge is 2.23. The Kier molecular flexibility index (Phi) is 7.46. The van der Waals surface area contributed by atoms with Crippen LogP contribution in [0.4, 0.5) is 4.39 Å². The molecule has 176 valence electrons. The summed E-state index contributed by atoms with van der Waals surface area (Å²) in [5.41, 5.74) is 5.61. The second kappa shape index (κ2) is 10.7. The van der Waals surface area contributed by atoms with Crippen molar-refractivity contribution in [3.8, 4) is 0 Å².